The normalized spacial score (nSPS) is 11.4. The highest BCUT2D eigenvalue weighted by molar-refractivity contribution is 5.64. The average Bonchev–Trinajstić information content (AvgIpc) is 3.19. The molecular weight excluding hydrogens is 300 g/mol. The molecule has 0 aliphatic rings. The highest BCUT2D eigenvalue weighted by atomic mass is 15.3. The first-order valence-corrected chi connectivity index (χ1v) is 8.49. The molecule has 6 nitrogen and oxygen atoms in total. The minimum Gasteiger partial charge on any atom is -0.329 e. The summed E-state index contributed by atoms with van der Waals surface area (Å²) < 4.78 is 6.33. The van der Waals surface area contributed by atoms with Gasteiger partial charge in [0.25, 0.3) is 0 Å². The van der Waals surface area contributed by atoms with Crippen molar-refractivity contribution in [2.75, 3.05) is 0 Å². The van der Waals surface area contributed by atoms with Gasteiger partial charge in [0.2, 0.25) is 0 Å². The lowest BCUT2D eigenvalue weighted by atomic mass is 10.1. The van der Waals surface area contributed by atoms with Crippen molar-refractivity contribution in [3.8, 4) is 11.3 Å². The predicted octanol–water partition coefficient (Wildman–Crippen LogP) is 3.21. The van der Waals surface area contributed by atoms with Crippen molar-refractivity contribution in [2.24, 2.45) is 0 Å². The summed E-state index contributed by atoms with van der Waals surface area (Å²) in [7, 11) is 0. The maximum atomic E-state index is 4.63. The van der Waals surface area contributed by atoms with Gasteiger partial charge < -0.3 is 4.57 Å². The van der Waals surface area contributed by atoms with Crippen LogP contribution in [0.3, 0.4) is 0 Å². The van der Waals surface area contributed by atoms with E-state index in [1.54, 1.807) is 0 Å². The van der Waals surface area contributed by atoms with Gasteiger partial charge in [-0.1, -0.05) is 0 Å². The minimum atomic E-state index is 0.837. The van der Waals surface area contributed by atoms with Gasteiger partial charge in [0.15, 0.2) is 0 Å². The summed E-state index contributed by atoms with van der Waals surface area (Å²) in [4.78, 5) is 4.37. The summed E-state index contributed by atoms with van der Waals surface area (Å²) in [5, 5.41) is 9.26. The molecule has 0 radical (unpaired) electrons. The molecule has 0 saturated heterocycles. The Balaban J connectivity index is 1.89. The molecule has 0 bridgehead atoms. The number of hydrogen-bond acceptors (Lipinski definition) is 3. The van der Waals surface area contributed by atoms with Gasteiger partial charge in [0, 0.05) is 30.0 Å². The molecule has 0 fully saturated rings. The third-order valence-corrected chi connectivity index (χ3v) is 4.95. The summed E-state index contributed by atoms with van der Waals surface area (Å²) in [6, 6.07) is 0. The lowest BCUT2D eigenvalue weighted by molar-refractivity contribution is 0.523. The van der Waals surface area contributed by atoms with Crippen LogP contribution in [-0.2, 0) is 19.6 Å². The zero-order valence-corrected chi connectivity index (χ0v) is 15.5. The van der Waals surface area contributed by atoms with E-state index in [0.717, 1.165) is 36.7 Å². The van der Waals surface area contributed by atoms with Crippen LogP contribution in [0.5, 0.6) is 0 Å². The van der Waals surface area contributed by atoms with E-state index < -0.39 is 0 Å². The Hall–Kier alpha value is -2.37. The first-order chi connectivity index (χ1) is 11.4. The van der Waals surface area contributed by atoms with Crippen molar-refractivity contribution in [1.82, 2.24) is 29.1 Å². The topological polar surface area (TPSA) is 53.5 Å². The van der Waals surface area contributed by atoms with Gasteiger partial charge in [-0.3, -0.25) is 9.36 Å². The first-order valence-electron chi connectivity index (χ1n) is 8.49. The number of aromatic nitrogens is 6. The molecule has 3 aromatic rings. The lowest BCUT2D eigenvalue weighted by Crippen LogP contribution is -2.10. The number of rotatable bonds is 5. The number of hydrogen-bond donors (Lipinski definition) is 0. The SMILES string of the molecule is CCn1nc(C)c(-c2cncn2CCn2nc(C)c(C)c2C)c1C. The molecular formula is C18H26N6. The molecule has 3 rings (SSSR count). The Labute approximate surface area is 143 Å². The van der Waals surface area contributed by atoms with E-state index in [1.165, 1.54) is 22.5 Å². The van der Waals surface area contributed by atoms with E-state index in [4.69, 9.17) is 0 Å². The van der Waals surface area contributed by atoms with Crippen LogP contribution in [0, 0.1) is 34.6 Å². The van der Waals surface area contributed by atoms with Gasteiger partial charge in [0.05, 0.1) is 36.2 Å². The fraction of sp³-hybridized carbons (Fsp3) is 0.500. The van der Waals surface area contributed by atoms with Gasteiger partial charge in [-0.2, -0.15) is 10.2 Å². The first kappa shape index (κ1) is 16.5. The molecule has 0 unspecified atom stereocenters. The highest BCUT2D eigenvalue weighted by Gasteiger charge is 2.16. The van der Waals surface area contributed by atoms with Crippen LogP contribution in [-0.4, -0.2) is 29.1 Å². The Morgan fingerprint density at radius 3 is 2.17 bits per heavy atom. The number of aryl methyl sites for hydroxylation is 5. The molecule has 3 heterocycles. The molecule has 0 saturated carbocycles. The van der Waals surface area contributed by atoms with Crippen molar-refractivity contribution in [2.45, 2.75) is 61.2 Å². The molecule has 128 valence electrons. The van der Waals surface area contributed by atoms with E-state index in [2.05, 4.69) is 66.0 Å². The third kappa shape index (κ3) is 2.66. The Bertz CT molecular complexity index is 865. The monoisotopic (exact) mass is 326 g/mol. The fourth-order valence-corrected chi connectivity index (χ4v) is 3.29. The van der Waals surface area contributed by atoms with E-state index >= 15 is 0 Å². The van der Waals surface area contributed by atoms with Crippen molar-refractivity contribution < 1.29 is 0 Å². The Morgan fingerprint density at radius 1 is 0.875 bits per heavy atom. The molecule has 0 aromatic carbocycles. The van der Waals surface area contributed by atoms with Crippen molar-refractivity contribution in [3.63, 3.8) is 0 Å². The summed E-state index contributed by atoms with van der Waals surface area (Å²) in [6.07, 6.45) is 3.83. The van der Waals surface area contributed by atoms with Gasteiger partial charge in [-0.15, -0.1) is 0 Å². The van der Waals surface area contributed by atoms with E-state index in [-0.39, 0.29) is 0 Å². The second-order valence-corrected chi connectivity index (χ2v) is 6.35. The fourth-order valence-electron chi connectivity index (χ4n) is 3.29. The molecule has 0 spiro atoms. The summed E-state index contributed by atoms with van der Waals surface area (Å²) in [6.45, 7) is 15.2. The van der Waals surface area contributed by atoms with Crippen molar-refractivity contribution >= 4 is 0 Å². The van der Waals surface area contributed by atoms with E-state index in [9.17, 15) is 0 Å². The number of imidazole rings is 1. The smallest absolute Gasteiger partial charge is 0.0951 e. The molecule has 0 atom stereocenters. The highest BCUT2D eigenvalue weighted by Crippen LogP contribution is 2.26. The van der Waals surface area contributed by atoms with Crippen LogP contribution in [0.15, 0.2) is 12.5 Å². The Kier molecular flexibility index (Phi) is 4.30. The van der Waals surface area contributed by atoms with E-state index in [1.807, 2.05) is 17.2 Å². The predicted molar refractivity (Wildman–Crippen MR) is 95.0 cm³/mol. The Morgan fingerprint density at radius 2 is 1.58 bits per heavy atom. The molecule has 0 aliphatic carbocycles. The van der Waals surface area contributed by atoms with Crippen molar-refractivity contribution in [3.05, 3.63) is 40.9 Å². The van der Waals surface area contributed by atoms with Crippen molar-refractivity contribution in [1.29, 1.82) is 0 Å². The standard InChI is InChI=1S/C18H26N6/c1-7-23-16(6)18(14(4)21-23)17-10-19-11-22(17)8-9-24-15(5)12(2)13(3)20-24/h10-11H,7-9H2,1-6H3. The van der Waals surface area contributed by atoms with Crippen LogP contribution < -0.4 is 0 Å². The van der Waals surface area contributed by atoms with Crippen LogP contribution in [0.2, 0.25) is 0 Å². The van der Waals surface area contributed by atoms with Crippen LogP contribution in [0.25, 0.3) is 11.3 Å². The second-order valence-electron chi connectivity index (χ2n) is 6.35. The minimum absolute atomic E-state index is 0.837. The molecule has 0 aliphatic heterocycles. The summed E-state index contributed by atoms with van der Waals surface area (Å²) >= 11 is 0. The zero-order chi connectivity index (χ0) is 17.4. The molecule has 6 heteroatoms. The summed E-state index contributed by atoms with van der Waals surface area (Å²) in [5.74, 6) is 0. The molecule has 0 amide bonds. The summed E-state index contributed by atoms with van der Waals surface area (Å²) in [5.41, 5.74) is 8.19. The van der Waals surface area contributed by atoms with Gasteiger partial charge in [0.1, 0.15) is 0 Å². The lowest BCUT2D eigenvalue weighted by Gasteiger charge is -2.10. The molecule has 24 heavy (non-hydrogen) atoms. The van der Waals surface area contributed by atoms with Gasteiger partial charge in [-0.05, 0) is 47.1 Å². The largest absolute Gasteiger partial charge is 0.329 e. The molecule has 3 aromatic heterocycles. The maximum absolute atomic E-state index is 4.63. The number of nitrogens with zero attached hydrogens (tertiary/aromatic N) is 6. The van der Waals surface area contributed by atoms with Gasteiger partial charge >= 0.3 is 0 Å². The van der Waals surface area contributed by atoms with Crippen LogP contribution in [0.4, 0.5) is 0 Å². The average molecular weight is 326 g/mol. The third-order valence-electron chi connectivity index (χ3n) is 4.95. The van der Waals surface area contributed by atoms with Crippen LogP contribution in [0.1, 0.15) is 35.3 Å². The molecule has 0 N–H and O–H groups in total. The van der Waals surface area contributed by atoms with E-state index in [0.29, 0.717) is 0 Å². The zero-order valence-electron chi connectivity index (χ0n) is 15.5. The quantitative estimate of drug-likeness (QED) is 0.723. The maximum Gasteiger partial charge on any atom is 0.0951 e. The van der Waals surface area contributed by atoms with Crippen LogP contribution >= 0.6 is 0 Å². The second kappa shape index (κ2) is 6.26. The van der Waals surface area contributed by atoms with Gasteiger partial charge in [-0.25, -0.2) is 4.98 Å².